The highest BCUT2D eigenvalue weighted by atomic mass is 32.2. The molecule has 1 aliphatic rings. The topological polar surface area (TPSA) is 110 Å². The molecule has 0 bridgehead atoms. The van der Waals surface area contributed by atoms with Crippen molar-refractivity contribution >= 4 is 21.5 Å². The summed E-state index contributed by atoms with van der Waals surface area (Å²) in [6, 6.07) is 0. The first-order valence-electron chi connectivity index (χ1n) is 6.68. The minimum atomic E-state index is -2.84. The number of aromatic nitrogens is 2. The molecule has 8 heteroatoms. The Hall–Kier alpha value is -1.41. The highest BCUT2D eigenvalue weighted by Crippen LogP contribution is 2.28. The first-order valence-corrected chi connectivity index (χ1v) is 8.51. The van der Waals surface area contributed by atoms with E-state index in [4.69, 9.17) is 5.84 Å². The van der Waals surface area contributed by atoms with E-state index in [0.717, 1.165) is 5.56 Å². The lowest BCUT2D eigenvalue weighted by atomic mass is 10.0. The Morgan fingerprint density at radius 2 is 2.10 bits per heavy atom. The number of nitrogens with two attached hydrogens (primary N) is 1. The monoisotopic (exact) mass is 299 g/mol. The molecule has 1 atom stereocenters. The van der Waals surface area contributed by atoms with E-state index in [1.165, 1.54) is 6.33 Å². The number of nitrogens with zero attached hydrogens (tertiary/aromatic N) is 2. The average molecular weight is 299 g/mol. The highest BCUT2D eigenvalue weighted by molar-refractivity contribution is 7.91. The first-order chi connectivity index (χ1) is 9.43. The van der Waals surface area contributed by atoms with Crippen LogP contribution in [0.1, 0.15) is 31.7 Å². The molecular formula is C12H21N5O2S. The van der Waals surface area contributed by atoms with Crippen LogP contribution in [0.25, 0.3) is 0 Å². The van der Waals surface area contributed by atoms with Crippen molar-refractivity contribution < 1.29 is 8.42 Å². The van der Waals surface area contributed by atoms with Crippen LogP contribution in [-0.2, 0) is 9.84 Å². The second kappa shape index (κ2) is 5.92. The Balaban J connectivity index is 2.10. The van der Waals surface area contributed by atoms with Gasteiger partial charge in [-0.15, -0.1) is 0 Å². The maximum atomic E-state index is 11.4. The maximum Gasteiger partial charge on any atom is 0.150 e. The maximum absolute atomic E-state index is 11.4. The van der Waals surface area contributed by atoms with Crippen molar-refractivity contribution in [1.29, 1.82) is 0 Å². The number of hydrogen-bond acceptors (Lipinski definition) is 7. The number of anilines is 2. The van der Waals surface area contributed by atoms with Crippen molar-refractivity contribution in [2.75, 3.05) is 28.8 Å². The molecule has 1 saturated heterocycles. The number of rotatable bonds is 5. The fraction of sp³-hybridized carbons (Fsp3) is 0.667. The number of nitrogens with one attached hydrogen (secondary N) is 2. The average Bonchev–Trinajstić information content (AvgIpc) is 2.75. The zero-order chi connectivity index (χ0) is 14.8. The lowest BCUT2D eigenvalue weighted by Crippen LogP contribution is -2.19. The molecule has 1 aromatic rings. The van der Waals surface area contributed by atoms with Gasteiger partial charge in [0, 0.05) is 12.1 Å². The molecule has 0 radical (unpaired) electrons. The number of nitrogen functional groups attached to an aromatic ring is 1. The second-order valence-electron chi connectivity index (χ2n) is 5.43. The zero-order valence-electron chi connectivity index (χ0n) is 11.8. The highest BCUT2D eigenvalue weighted by Gasteiger charge is 2.28. The molecular weight excluding hydrogens is 278 g/mol. The molecule has 2 rings (SSSR count). The first kappa shape index (κ1) is 15.0. The van der Waals surface area contributed by atoms with E-state index >= 15 is 0 Å². The lowest BCUT2D eigenvalue weighted by Gasteiger charge is -2.17. The van der Waals surface area contributed by atoms with Crippen LogP contribution in [-0.4, -0.2) is 36.4 Å². The van der Waals surface area contributed by atoms with Gasteiger partial charge in [0.05, 0.1) is 11.5 Å². The molecule has 1 aliphatic heterocycles. The van der Waals surface area contributed by atoms with Gasteiger partial charge in [-0.25, -0.2) is 24.2 Å². The molecule has 112 valence electrons. The van der Waals surface area contributed by atoms with Gasteiger partial charge in [-0.1, -0.05) is 13.8 Å². The van der Waals surface area contributed by atoms with E-state index in [1.54, 1.807) is 0 Å². The van der Waals surface area contributed by atoms with E-state index in [2.05, 4.69) is 20.7 Å². The van der Waals surface area contributed by atoms with Crippen molar-refractivity contribution in [3.05, 3.63) is 11.9 Å². The van der Waals surface area contributed by atoms with Crippen LogP contribution < -0.4 is 16.6 Å². The molecule has 4 N–H and O–H groups in total. The summed E-state index contributed by atoms with van der Waals surface area (Å²) in [6.45, 7) is 4.66. The fourth-order valence-electron chi connectivity index (χ4n) is 2.47. The minimum Gasteiger partial charge on any atom is -0.369 e. The van der Waals surface area contributed by atoms with E-state index in [1.807, 2.05) is 13.8 Å². The Bertz CT molecular complexity index is 573. The Morgan fingerprint density at radius 3 is 2.65 bits per heavy atom. The molecule has 0 amide bonds. The number of hydrazine groups is 1. The molecule has 7 nitrogen and oxygen atoms in total. The summed E-state index contributed by atoms with van der Waals surface area (Å²) in [7, 11) is -2.84. The van der Waals surface area contributed by atoms with Crippen LogP contribution in [0.3, 0.4) is 0 Å². The van der Waals surface area contributed by atoms with Crippen molar-refractivity contribution in [1.82, 2.24) is 9.97 Å². The summed E-state index contributed by atoms with van der Waals surface area (Å²) in [4.78, 5) is 8.34. The predicted molar refractivity (Wildman–Crippen MR) is 79.2 cm³/mol. The molecule has 0 aliphatic carbocycles. The fourth-order valence-corrected chi connectivity index (χ4v) is 4.33. The van der Waals surface area contributed by atoms with Gasteiger partial charge in [0.2, 0.25) is 0 Å². The third-order valence-electron chi connectivity index (χ3n) is 3.48. The van der Waals surface area contributed by atoms with E-state index in [0.29, 0.717) is 24.6 Å². The number of hydrogen-bond donors (Lipinski definition) is 3. The quantitative estimate of drug-likeness (QED) is 0.543. The van der Waals surface area contributed by atoms with E-state index < -0.39 is 9.84 Å². The summed E-state index contributed by atoms with van der Waals surface area (Å²) in [6.07, 6.45) is 2.15. The van der Waals surface area contributed by atoms with Gasteiger partial charge < -0.3 is 10.7 Å². The minimum absolute atomic E-state index is 0.143. The van der Waals surface area contributed by atoms with Crippen LogP contribution in [0, 0.1) is 5.92 Å². The Labute approximate surface area is 119 Å². The van der Waals surface area contributed by atoms with Crippen LogP contribution in [0.5, 0.6) is 0 Å². The summed E-state index contributed by atoms with van der Waals surface area (Å²) < 4.78 is 22.9. The van der Waals surface area contributed by atoms with Gasteiger partial charge in [0.25, 0.3) is 0 Å². The van der Waals surface area contributed by atoms with Crippen LogP contribution in [0.4, 0.5) is 11.6 Å². The molecule has 0 spiro atoms. The molecule has 0 saturated carbocycles. The van der Waals surface area contributed by atoms with Crippen molar-refractivity contribution in [2.45, 2.75) is 26.2 Å². The number of sulfone groups is 1. The predicted octanol–water partition coefficient (Wildman–Crippen LogP) is 0.732. The van der Waals surface area contributed by atoms with Gasteiger partial charge in [0.15, 0.2) is 9.84 Å². The third-order valence-corrected chi connectivity index (χ3v) is 5.32. The molecule has 2 heterocycles. The van der Waals surface area contributed by atoms with Gasteiger partial charge >= 0.3 is 0 Å². The smallest absolute Gasteiger partial charge is 0.150 e. The van der Waals surface area contributed by atoms with Crippen molar-refractivity contribution in [2.24, 2.45) is 11.8 Å². The van der Waals surface area contributed by atoms with Crippen LogP contribution in [0.2, 0.25) is 0 Å². The standard InChI is InChI=1S/C12H21N5O2S/c1-8(2)10-11(15-7-16-12(10)17-13)14-5-9-3-4-20(18,19)6-9/h7-9H,3-6,13H2,1-2H3,(H2,14,15,16,17). The van der Waals surface area contributed by atoms with Crippen molar-refractivity contribution in [3.8, 4) is 0 Å². The molecule has 1 aromatic heterocycles. The zero-order valence-corrected chi connectivity index (χ0v) is 12.6. The van der Waals surface area contributed by atoms with Gasteiger partial charge in [-0.3, -0.25) is 0 Å². The molecule has 1 fully saturated rings. The molecule has 0 aromatic carbocycles. The van der Waals surface area contributed by atoms with Gasteiger partial charge in [-0.2, -0.15) is 0 Å². The van der Waals surface area contributed by atoms with Crippen LogP contribution >= 0.6 is 0 Å². The molecule has 20 heavy (non-hydrogen) atoms. The normalized spacial score (nSPS) is 21.1. The van der Waals surface area contributed by atoms with Crippen molar-refractivity contribution in [3.63, 3.8) is 0 Å². The molecule has 1 unspecified atom stereocenters. The third kappa shape index (κ3) is 3.37. The van der Waals surface area contributed by atoms with Gasteiger partial charge in [-0.05, 0) is 18.3 Å². The van der Waals surface area contributed by atoms with E-state index in [9.17, 15) is 8.42 Å². The van der Waals surface area contributed by atoms with Crippen LogP contribution in [0.15, 0.2) is 6.33 Å². The lowest BCUT2D eigenvalue weighted by molar-refractivity contribution is 0.595. The Morgan fingerprint density at radius 1 is 1.40 bits per heavy atom. The summed E-state index contributed by atoms with van der Waals surface area (Å²) >= 11 is 0. The largest absolute Gasteiger partial charge is 0.369 e. The van der Waals surface area contributed by atoms with E-state index in [-0.39, 0.29) is 23.3 Å². The SMILES string of the molecule is CC(C)c1c(NN)ncnc1NCC1CCS(=O)(=O)C1. The summed E-state index contributed by atoms with van der Waals surface area (Å²) in [5.41, 5.74) is 3.48. The Kier molecular flexibility index (Phi) is 4.44. The van der Waals surface area contributed by atoms with Gasteiger partial charge in [0.1, 0.15) is 18.0 Å². The second-order valence-corrected chi connectivity index (χ2v) is 7.66. The summed E-state index contributed by atoms with van der Waals surface area (Å²) in [5, 5.41) is 3.24. The summed E-state index contributed by atoms with van der Waals surface area (Å²) in [5.74, 6) is 7.66.